The molecule has 0 unspecified atom stereocenters. The van der Waals surface area contributed by atoms with E-state index in [0.29, 0.717) is 0 Å². The maximum absolute atomic E-state index is 2.47. The first-order chi connectivity index (χ1) is 8.95. The highest BCUT2D eigenvalue weighted by Gasteiger charge is 2.32. The third-order valence-corrected chi connectivity index (χ3v) is 9.08. The predicted molar refractivity (Wildman–Crippen MR) is 84.6 cm³/mol. The molecule has 2 aliphatic carbocycles. The smallest absolute Gasteiger partial charge is 0.00161 e. The monoisotopic (exact) mass is 280 g/mol. The molecule has 100 valence electrons. The van der Waals surface area contributed by atoms with Crippen LogP contribution in [0.4, 0.5) is 0 Å². The van der Waals surface area contributed by atoms with Crippen molar-refractivity contribution in [2.45, 2.75) is 75.5 Å². The molecule has 2 fully saturated rings. The lowest BCUT2D eigenvalue weighted by Crippen LogP contribution is -2.25. The molecule has 0 N–H and O–H groups in total. The molecule has 2 heteroatoms. The Morgan fingerprint density at radius 1 is 0.833 bits per heavy atom. The van der Waals surface area contributed by atoms with E-state index in [2.05, 4.69) is 16.8 Å². The average molecular weight is 280 g/mol. The summed E-state index contributed by atoms with van der Waals surface area (Å²) in [4.78, 5) is 0. The van der Waals surface area contributed by atoms with Crippen molar-refractivity contribution >= 4 is 24.6 Å². The quantitative estimate of drug-likeness (QED) is 0.639. The SMILES string of the molecule is c1cc(P(C2CCCCC2)C2CCCCC2)cs1. The molecule has 0 spiro atoms. The molecule has 1 aromatic heterocycles. The number of thiophene rings is 1. The van der Waals surface area contributed by atoms with Gasteiger partial charge in [0, 0.05) is 0 Å². The molecule has 0 aliphatic heterocycles. The summed E-state index contributed by atoms with van der Waals surface area (Å²) in [6, 6.07) is 2.44. The van der Waals surface area contributed by atoms with Crippen molar-refractivity contribution in [3.63, 3.8) is 0 Å². The topological polar surface area (TPSA) is 0 Å². The molecule has 0 radical (unpaired) electrons. The van der Waals surface area contributed by atoms with Crippen molar-refractivity contribution < 1.29 is 0 Å². The molecule has 0 aromatic carbocycles. The number of hydrogen-bond donors (Lipinski definition) is 0. The molecule has 1 aromatic rings. The molecule has 0 amide bonds. The molecule has 0 saturated heterocycles. The molecular weight excluding hydrogens is 255 g/mol. The lowest BCUT2D eigenvalue weighted by Gasteiger charge is -2.38. The highest BCUT2D eigenvalue weighted by Crippen LogP contribution is 2.55. The van der Waals surface area contributed by atoms with Gasteiger partial charge in [0.25, 0.3) is 0 Å². The predicted octanol–water partition coefficient (Wildman–Crippen LogP) is 5.52. The Hall–Kier alpha value is 0.130. The summed E-state index contributed by atoms with van der Waals surface area (Å²) < 4.78 is 0. The zero-order valence-corrected chi connectivity index (χ0v) is 13.0. The van der Waals surface area contributed by atoms with Gasteiger partial charge in [-0.15, -0.1) is 0 Å². The Kier molecular flexibility index (Phi) is 4.76. The standard InChI is InChI=1S/C16H25PS/c1-3-7-14(8-4-1)17(16-11-12-18-13-16)15-9-5-2-6-10-15/h11-15H,1-10H2. The van der Waals surface area contributed by atoms with Crippen LogP contribution < -0.4 is 5.30 Å². The van der Waals surface area contributed by atoms with E-state index in [-0.39, 0.29) is 7.92 Å². The Morgan fingerprint density at radius 3 is 1.83 bits per heavy atom. The van der Waals surface area contributed by atoms with Crippen molar-refractivity contribution in [3.05, 3.63) is 16.8 Å². The van der Waals surface area contributed by atoms with Crippen LogP contribution in [-0.2, 0) is 0 Å². The van der Waals surface area contributed by atoms with Crippen LogP contribution in [0.1, 0.15) is 64.2 Å². The zero-order chi connectivity index (χ0) is 12.2. The van der Waals surface area contributed by atoms with Crippen LogP contribution in [0.5, 0.6) is 0 Å². The van der Waals surface area contributed by atoms with E-state index in [1.54, 1.807) is 5.30 Å². The normalized spacial score (nSPS) is 23.6. The Balaban J connectivity index is 1.78. The maximum atomic E-state index is 2.47. The Morgan fingerprint density at radius 2 is 1.39 bits per heavy atom. The van der Waals surface area contributed by atoms with Crippen LogP contribution in [0.25, 0.3) is 0 Å². The minimum Gasteiger partial charge on any atom is -0.152 e. The van der Waals surface area contributed by atoms with Crippen molar-refractivity contribution in [3.8, 4) is 0 Å². The second-order valence-electron chi connectivity index (χ2n) is 5.97. The average Bonchev–Trinajstić information content (AvgIpc) is 2.95. The molecule has 0 nitrogen and oxygen atoms in total. The van der Waals surface area contributed by atoms with Crippen LogP contribution in [0.3, 0.4) is 0 Å². The molecular formula is C16H25PS. The van der Waals surface area contributed by atoms with Gasteiger partial charge in [-0.1, -0.05) is 46.4 Å². The van der Waals surface area contributed by atoms with Crippen LogP contribution in [0, 0.1) is 0 Å². The molecule has 0 atom stereocenters. The Bertz CT molecular complexity index is 316. The summed E-state index contributed by atoms with van der Waals surface area (Å²) >= 11 is 1.91. The summed E-state index contributed by atoms with van der Waals surface area (Å²) in [7, 11) is 0.155. The van der Waals surface area contributed by atoms with Gasteiger partial charge < -0.3 is 0 Å². The summed E-state index contributed by atoms with van der Waals surface area (Å²) in [6.07, 6.45) is 15.1. The van der Waals surface area contributed by atoms with Gasteiger partial charge in [-0.2, -0.15) is 11.3 Å². The first kappa shape index (κ1) is 13.1. The molecule has 0 bridgehead atoms. The molecule has 3 rings (SSSR count). The molecule has 1 heterocycles. The Labute approximate surface area is 117 Å². The fourth-order valence-corrected chi connectivity index (χ4v) is 8.66. The van der Waals surface area contributed by atoms with E-state index in [9.17, 15) is 0 Å². The fourth-order valence-electron chi connectivity index (χ4n) is 3.84. The van der Waals surface area contributed by atoms with E-state index in [1.165, 1.54) is 64.2 Å². The van der Waals surface area contributed by atoms with E-state index in [4.69, 9.17) is 0 Å². The summed E-state index contributed by atoms with van der Waals surface area (Å²) in [5.41, 5.74) is 2.12. The van der Waals surface area contributed by atoms with Crippen LogP contribution in [-0.4, -0.2) is 11.3 Å². The summed E-state index contributed by atoms with van der Waals surface area (Å²) in [6.45, 7) is 0. The first-order valence-corrected chi connectivity index (χ1v) is 10.2. The third-order valence-electron chi connectivity index (χ3n) is 4.74. The van der Waals surface area contributed by atoms with Gasteiger partial charge in [-0.25, -0.2) is 0 Å². The van der Waals surface area contributed by atoms with Gasteiger partial charge in [0.15, 0.2) is 0 Å². The van der Waals surface area contributed by atoms with Crippen LogP contribution in [0.2, 0.25) is 0 Å². The zero-order valence-electron chi connectivity index (χ0n) is 11.3. The second kappa shape index (κ2) is 6.53. The minimum atomic E-state index is 0.155. The highest BCUT2D eigenvalue weighted by atomic mass is 32.1. The van der Waals surface area contributed by atoms with Gasteiger partial charge in [0.05, 0.1) is 0 Å². The summed E-state index contributed by atoms with van der Waals surface area (Å²) in [5.74, 6) is 0. The van der Waals surface area contributed by atoms with Crippen molar-refractivity contribution in [2.24, 2.45) is 0 Å². The molecule has 2 saturated carbocycles. The molecule has 2 aliphatic rings. The first-order valence-electron chi connectivity index (χ1n) is 7.76. The van der Waals surface area contributed by atoms with E-state index < -0.39 is 0 Å². The lowest BCUT2D eigenvalue weighted by atomic mass is 9.99. The van der Waals surface area contributed by atoms with Gasteiger partial charge in [-0.05, 0) is 59.1 Å². The van der Waals surface area contributed by atoms with E-state index in [0.717, 1.165) is 11.3 Å². The minimum absolute atomic E-state index is 0.155. The van der Waals surface area contributed by atoms with Gasteiger partial charge >= 0.3 is 0 Å². The van der Waals surface area contributed by atoms with Crippen LogP contribution in [0.15, 0.2) is 16.8 Å². The fraction of sp³-hybridized carbons (Fsp3) is 0.750. The lowest BCUT2D eigenvalue weighted by molar-refractivity contribution is 0.487. The largest absolute Gasteiger partial charge is 0.152 e. The van der Waals surface area contributed by atoms with Gasteiger partial charge in [0.2, 0.25) is 0 Å². The van der Waals surface area contributed by atoms with Crippen molar-refractivity contribution in [2.75, 3.05) is 0 Å². The molecule has 18 heavy (non-hydrogen) atoms. The van der Waals surface area contributed by atoms with Gasteiger partial charge in [-0.3, -0.25) is 0 Å². The van der Waals surface area contributed by atoms with Crippen molar-refractivity contribution in [1.82, 2.24) is 0 Å². The van der Waals surface area contributed by atoms with Gasteiger partial charge in [0.1, 0.15) is 0 Å². The highest BCUT2D eigenvalue weighted by molar-refractivity contribution is 7.67. The van der Waals surface area contributed by atoms with Crippen LogP contribution >= 0.6 is 19.3 Å². The second-order valence-corrected chi connectivity index (χ2v) is 9.54. The van der Waals surface area contributed by atoms with E-state index in [1.807, 2.05) is 11.3 Å². The summed E-state index contributed by atoms with van der Waals surface area (Å²) in [5, 5.41) is 6.51. The number of rotatable bonds is 3. The van der Waals surface area contributed by atoms with Crippen molar-refractivity contribution in [1.29, 1.82) is 0 Å². The van der Waals surface area contributed by atoms with E-state index >= 15 is 0 Å². The number of hydrogen-bond acceptors (Lipinski definition) is 1. The maximum Gasteiger partial charge on any atom is -0.00161 e. The third kappa shape index (κ3) is 2.99.